The molecule has 0 saturated heterocycles. The van der Waals surface area contributed by atoms with Crippen LogP contribution in [0.4, 0.5) is 4.39 Å². The highest BCUT2D eigenvalue weighted by Crippen LogP contribution is 2.40. The highest BCUT2D eigenvalue weighted by Gasteiger charge is 2.13. The average Bonchev–Trinajstić information content (AvgIpc) is 2.82. The van der Waals surface area contributed by atoms with Crippen LogP contribution in [0.25, 0.3) is 21.6 Å². The van der Waals surface area contributed by atoms with Crippen molar-refractivity contribution in [1.82, 2.24) is 4.98 Å². The van der Waals surface area contributed by atoms with E-state index in [-0.39, 0.29) is 5.82 Å². The van der Waals surface area contributed by atoms with Gasteiger partial charge in [-0.1, -0.05) is 12.1 Å². The van der Waals surface area contributed by atoms with E-state index in [4.69, 9.17) is 0 Å². The smallest absolute Gasteiger partial charge is 0.123 e. The summed E-state index contributed by atoms with van der Waals surface area (Å²) in [5.41, 5.74) is 3.38. The highest BCUT2D eigenvalue weighted by atomic mass is 127. The molecule has 1 nitrogen and oxygen atoms in total. The number of aromatic nitrogens is 1. The Morgan fingerprint density at radius 3 is 2.32 bits per heavy atom. The quantitative estimate of drug-likeness (QED) is 0.555. The number of thiophene rings is 1. The normalized spacial score (nSPS) is 10.6. The van der Waals surface area contributed by atoms with Crippen LogP contribution in [0.3, 0.4) is 0 Å². The summed E-state index contributed by atoms with van der Waals surface area (Å²) in [6.07, 6.45) is 3.58. The van der Waals surface area contributed by atoms with Gasteiger partial charge < -0.3 is 0 Å². The maximum atomic E-state index is 13.0. The molecule has 0 saturated carbocycles. The summed E-state index contributed by atoms with van der Waals surface area (Å²) in [4.78, 5) is 5.21. The lowest BCUT2D eigenvalue weighted by molar-refractivity contribution is 0.628. The minimum Gasteiger partial charge on any atom is -0.265 e. The van der Waals surface area contributed by atoms with Gasteiger partial charge in [-0.2, -0.15) is 0 Å². The van der Waals surface area contributed by atoms with Crippen molar-refractivity contribution < 1.29 is 4.39 Å². The predicted molar refractivity (Wildman–Crippen MR) is 85.7 cm³/mol. The van der Waals surface area contributed by atoms with Crippen LogP contribution in [0.5, 0.6) is 0 Å². The Bertz CT molecular complexity index is 692. The van der Waals surface area contributed by atoms with Crippen LogP contribution in [-0.2, 0) is 0 Å². The standard InChI is InChI=1S/C15H9FINS/c16-12-3-1-11(2-4-12)15-14(13(17)9-19-15)10-5-7-18-8-6-10/h1-9H. The first-order chi connectivity index (χ1) is 9.25. The fraction of sp³-hybridized carbons (Fsp3) is 0. The number of hydrogen-bond donors (Lipinski definition) is 0. The summed E-state index contributed by atoms with van der Waals surface area (Å²) in [6.45, 7) is 0. The summed E-state index contributed by atoms with van der Waals surface area (Å²) >= 11 is 4.01. The molecule has 0 fully saturated rings. The van der Waals surface area contributed by atoms with Crippen molar-refractivity contribution in [3.8, 4) is 21.6 Å². The molecular formula is C15H9FINS. The number of halogens is 2. The lowest BCUT2D eigenvalue weighted by Crippen LogP contribution is -1.83. The third-order valence-corrected chi connectivity index (χ3v) is 5.12. The zero-order valence-corrected chi connectivity index (χ0v) is 12.8. The Labute approximate surface area is 128 Å². The van der Waals surface area contributed by atoms with Crippen molar-refractivity contribution in [2.75, 3.05) is 0 Å². The Balaban J connectivity index is 2.16. The van der Waals surface area contributed by atoms with Crippen molar-refractivity contribution in [2.24, 2.45) is 0 Å². The molecule has 2 heterocycles. The van der Waals surface area contributed by atoms with E-state index in [0.29, 0.717) is 0 Å². The number of nitrogens with zero attached hydrogens (tertiary/aromatic N) is 1. The largest absolute Gasteiger partial charge is 0.265 e. The van der Waals surface area contributed by atoms with Gasteiger partial charge in [-0.15, -0.1) is 11.3 Å². The van der Waals surface area contributed by atoms with Gasteiger partial charge in [0.25, 0.3) is 0 Å². The third-order valence-electron chi connectivity index (χ3n) is 2.82. The van der Waals surface area contributed by atoms with Crippen molar-refractivity contribution in [1.29, 1.82) is 0 Å². The molecule has 94 valence electrons. The molecule has 2 aromatic heterocycles. The molecule has 4 heteroatoms. The first kappa shape index (κ1) is 12.7. The van der Waals surface area contributed by atoms with Gasteiger partial charge in [-0.25, -0.2) is 4.39 Å². The molecule has 0 aliphatic heterocycles. The van der Waals surface area contributed by atoms with E-state index in [2.05, 4.69) is 33.0 Å². The van der Waals surface area contributed by atoms with E-state index in [1.165, 1.54) is 21.3 Å². The molecule has 0 amide bonds. The minimum absolute atomic E-state index is 0.208. The van der Waals surface area contributed by atoms with Crippen molar-refractivity contribution in [3.63, 3.8) is 0 Å². The van der Waals surface area contributed by atoms with Crippen LogP contribution < -0.4 is 0 Å². The first-order valence-corrected chi connectivity index (χ1v) is 7.65. The summed E-state index contributed by atoms with van der Waals surface area (Å²) in [7, 11) is 0. The molecule has 19 heavy (non-hydrogen) atoms. The molecule has 0 bridgehead atoms. The van der Waals surface area contributed by atoms with Gasteiger partial charge >= 0.3 is 0 Å². The Hall–Kier alpha value is -1.27. The number of hydrogen-bond acceptors (Lipinski definition) is 2. The van der Waals surface area contributed by atoms with Crippen LogP contribution in [0.15, 0.2) is 54.2 Å². The minimum atomic E-state index is -0.208. The molecule has 0 N–H and O–H groups in total. The van der Waals surface area contributed by atoms with E-state index in [9.17, 15) is 4.39 Å². The van der Waals surface area contributed by atoms with Crippen LogP contribution in [0, 0.1) is 9.39 Å². The van der Waals surface area contributed by atoms with E-state index < -0.39 is 0 Å². The van der Waals surface area contributed by atoms with Gasteiger partial charge in [0.1, 0.15) is 5.82 Å². The monoisotopic (exact) mass is 381 g/mol. The molecule has 0 aliphatic rings. The maximum absolute atomic E-state index is 13.0. The fourth-order valence-corrected chi connectivity index (χ4v) is 4.04. The summed E-state index contributed by atoms with van der Waals surface area (Å²) in [6, 6.07) is 10.6. The second-order valence-corrected chi connectivity index (χ2v) is 6.07. The summed E-state index contributed by atoms with van der Waals surface area (Å²) in [5.74, 6) is -0.208. The van der Waals surface area contributed by atoms with E-state index in [1.807, 2.05) is 24.3 Å². The predicted octanol–water partition coefficient (Wildman–Crippen LogP) is 5.22. The lowest BCUT2D eigenvalue weighted by Gasteiger charge is -2.05. The Morgan fingerprint density at radius 1 is 0.947 bits per heavy atom. The molecule has 0 spiro atoms. The zero-order valence-electron chi connectivity index (χ0n) is 9.81. The molecule has 0 atom stereocenters. The molecule has 0 aliphatic carbocycles. The Morgan fingerprint density at radius 2 is 1.63 bits per heavy atom. The maximum Gasteiger partial charge on any atom is 0.123 e. The summed E-state index contributed by atoms with van der Waals surface area (Å²) < 4.78 is 14.2. The molecule has 0 unspecified atom stereocenters. The van der Waals surface area contributed by atoms with Crippen LogP contribution in [0.2, 0.25) is 0 Å². The van der Waals surface area contributed by atoms with Gasteiger partial charge in [0.15, 0.2) is 0 Å². The fourth-order valence-electron chi connectivity index (χ4n) is 1.94. The van der Waals surface area contributed by atoms with E-state index in [1.54, 1.807) is 23.7 Å². The molecular weight excluding hydrogens is 372 g/mol. The summed E-state index contributed by atoms with van der Waals surface area (Å²) in [5, 5.41) is 2.12. The first-order valence-electron chi connectivity index (χ1n) is 5.69. The van der Waals surface area contributed by atoms with E-state index in [0.717, 1.165) is 16.0 Å². The van der Waals surface area contributed by atoms with Crippen LogP contribution in [-0.4, -0.2) is 4.98 Å². The zero-order chi connectivity index (χ0) is 13.2. The van der Waals surface area contributed by atoms with Gasteiger partial charge in [0.05, 0.1) is 0 Å². The van der Waals surface area contributed by atoms with Crippen LogP contribution in [0.1, 0.15) is 0 Å². The Kier molecular flexibility index (Phi) is 3.61. The second kappa shape index (κ2) is 5.38. The highest BCUT2D eigenvalue weighted by molar-refractivity contribution is 14.1. The van der Waals surface area contributed by atoms with Gasteiger partial charge in [-0.3, -0.25) is 4.98 Å². The van der Waals surface area contributed by atoms with Crippen molar-refractivity contribution in [2.45, 2.75) is 0 Å². The SMILES string of the molecule is Fc1ccc(-c2scc(I)c2-c2ccncc2)cc1. The van der Waals surface area contributed by atoms with Gasteiger partial charge in [-0.05, 0) is 58.0 Å². The number of benzene rings is 1. The third kappa shape index (κ3) is 2.55. The van der Waals surface area contributed by atoms with Crippen LogP contribution >= 0.6 is 33.9 Å². The molecule has 1 aromatic carbocycles. The van der Waals surface area contributed by atoms with E-state index >= 15 is 0 Å². The van der Waals surface area contributed by atoms with Gasteiger partial charge in [0.2, 0.25) is 0 Å². The molecule has 0 radical (unpaired) electrons. The second-order valence-electron chi connectivity index (χ2n) is 4.03. The topological polar surface area (TPSA) is 12.9 Å². The lowest BCUT2D eigenvalue weighted by atomic mass is 10.0. The number of pyridine rings is 1. The molecule has 3 aromatic rings. The number of rotatable bonds is 2. The van der Waals surface area contributed by atoms with Crippen molar-refractivity contribution in [3.05, 3.63) is 63.6 Å². The van der Waals surface area contributed by atoms with Gasteiger partial charge in [0, 0.05) is 31.8 Å². The molecule has 3 rings (SSSR count). The average molecular weight is 381 g/mol. The van der Waals surface area contributed by atoms with Crippen molar-refractivity contribution >= 4 is 33.9 Å².